The number of ketones is 1. The predicted octanol–water partition coefficient (Wildman–Crippen LogP) is 7.43. The molecule has 4 aromatic rings. The van der Waals surface area contributed by atoms with Crippen LogP contribution in [0.25, 0.3) is 0 Å². The summed E-state index contributed by atoms with van der Waals surface area (Å²) in [6.07, 6.45) is 0. The zero-order valence-electron chi connectivity index (χ0n) is 25.5. The third-order valence-electron chi connectivity index (χ3n) is 8.60. The van der Waals surface area contributed by atoms with Crippen LogP contribution < -0.4 is 4.74 Å². The number of hydrogen-bond donors (Lipinski definition) is 1. The van der Waals surface area contributed by atoms with E-state index in [1.807, 2.05) is 60.6 Å². The summed E-state index contributed by atoms with van der Waals surface area (Å²) < 4.78 is 41.2. The van der Waals surface area contributed by atoms with Gasteiger partial charge in [-0.05, 0) is 64.8 Å². The molecule has 0 saturated heterocycles. The Morgan fingerprint density at radius 3 is 1.88 bits per heavy atom. The first-order valence-electron chi connectivity index (χ1n) is 14.4. The van der Waals surface area contributed by atoms with Crippen molar-refractivity contribution >= 4 is 15.9 Å². The number of Topliss-reactive ketones (excluding diaryl/α,β-unsaturated/α-hetero) is 1. The van der Waals surface area contributed by atoms with Crippen LogP contribution in [0.2, 0.25) is 0 Å². The van der Waals surface area contributed by atoms with Gasteiger partial charge in [0.1, 0.15) is 11.5 Å². The number of aryl methyl sites for hydroxylation is 1. The van der Waals surface area contributed by atoms with Crippen molar-refractivity contribution in [2.24, 2.45) is 0 Å². The van der Waals surface area contributed by atoms with E-state index in [-0.39, 0.29) is 16.4 Å². The number of para-hydroxylation sites is 1. The zero-order chi connectivity index (χ0) is 31.2. The topological polar surface area (TPSA) is 89.9 Å². The van der Waals surface area contributed by atoms with Crippen LogP contribution in [0.1, 0.15) is 85.3 Å². The van der Waals surface area contributed by atoms with Crippen molar-refractivity contribution in [1.82, 2.24) is 0 Å². The maximum Gasteiger partial charge on any atom is 0.300 e. The molecule has 0 unspecified atom stereocenters. The van der Waals surface area contributed by atoms with Gasteiger partial charge in [-0.15, -0.1) is 0 Å². The summed E-state index contributed by atoms with van der Waals surface area (Å²) in [5.41, 5.74) is 1.04. The van der Waals surface area contributed by atoms with Gasteiger partial charge in [0.2, 0.25) is 0 Å². The van der Waals surface area contributed by atoms with E-state index in [1.165, 1.54) is 12.1 Å². The highest BCUT2D eigenvalue weighted by atomic mass is 32.2. The fourth-order valence-corrected chi connectivity index (χ4v) is 7.60. The van der Waals surface area contributed by atoms with Crippen molar-refractivity contribution in [1.29, 1.82) is 0 Å². The highest BCUT2D eigenvalue weighted by molar-refractivity contribution is 7.86. The highest BCUT2D eigenvalue weighted by Crippen LogP contribution is 2.65. The summed E-state index contributed by atoms with van der Waals surface area (Å²) in [5, 5.41) is 11.6. The Balaban J connectivity index is 1.76. The molecule has 1 aliphatic carbocycles. The van der Waals surface area contributed by atoms with Gasteiger partial charge in [0.25, 0.3) is 5.79 Å². The third-order valence-corrected chi connectivity index (χ3v) is 9.90. The van der Waals surface area contributed by atoms with Gasteiger partial charge >= 0.3 is 10.1 Å². The number of rotatable bonds is 4. The third kappa shape index (κ3) is 4.09. The molecular formula is C36H36O6S. The fourth-order valence-electron chi connectivity index (χ4n) is 6.48. The van der Waals surface area contributed by atoms with Gasteiger partial charge in [0, 0.05) is 16.7 Å². The van der Waals surface area contributed by atoms with Crippen molar-refractivity contribution in [2.45, 2.75) is 75.4 Å². The molecule has 1 aliphatic heterocycles. The minimum atomic E-state index is -4.47. The van der Waals surface area contributed by atoms with E-state index in [0.29, 0.717) is 39.1 Å². The summed E-state index contributed by atoms with van der Waals surface area (Å²) in [5.74, 6) is -1.92. The van der Waals surface area contributed by atoms with E-state index in [2.05, 4.69) is 0 Å². The van der Waals surface area contributed by atoms with E-state index < -0.39 is 32.2 Å². The number of hydrogen-bond acceptors (Lipinski definition) is 6. The highest BCUT2D eigenvalue weighted by Gasteiger charge is 2.74. The van der Waals surface area contributed by atoms with Gasteiger partial charge in [0.15, 0.2) is 11.2 Å². The molecule has 7 heteroatoms. The number of phenolic OH excluding ortho intramolecular Hbond substituents is 1. The minimum Gasteiger partial charge on any atom is -0.507 e. The summed E-state index contributed by atoms with van der Waals surface area (Å²) >= 11 is 0. The number of carbonyl (C=O) groups excluding carboxylic acids is 1. The Morgan fingerprint density at radius 1 is 0.767 bits per heavy atom. The van der Waals surface area contributed by atoms with Crippen molar-refractivity contribution in [3.05, 3.63) is 124 Å². The molecule has 6 rings (SSSR count). The molecule has 6 nitrogen and oxygen atoms in total. The normalized spacial score (nSPS) is 21.2. The van der Waals surface area contributed by atoms with Crippen LogP contribution in [-0.2, 0) is 36.3 Å². The van der Waals surface area contributed by atoms with Crippen LogP contribution >= 0.6 is 0 Å². The minimum absolute atomic E-state index is 0.0470. The molecule has 43 heavy (non-hydrogen) atoms. The molecule has 0 amide bonds. The van der Waals surface area contributed by atoms with Crippen LogP contribution in [0.15, 0.2) is 89.8 Å². The molecular weight excluding hydrogens is 560 g/mol. The quantitative estimate of drug-likeness (QED) is 0.247. The van der Waals surface area contributed by atoms with Gasteiger partial charge in [-0.25, -0.2) is 4.18 Å². The summed E-state index contributed by atoms with van der Waals surface area (Å²) in [4.78, 5) is 15.0. The Hall–Kier alpha value is -3.94. The van der Waals surface area contributed by atoms with E-state index in [4.69, 9.17) is 8.92 Å². The molecule has 0 saturated carbocycles. The molecule has 1 N–H and O–H groups in total. The Labute approximate surface area is 253 Å². The van der Waals surface area contributed by atoms with Crippen molar-refractivity contribution < 1.29 is 27.2 Å². The average molecular weight is 597 g/mol. The summed E-state index contributed by atoms with van der Waals surface area (Å²) in [6.45, 7) is 13.8. The number of benzene rings is 4. The number of phenols is 1. The standard InChI is InChI=1S/C36H36O6S/c1-22-16-18-24(19-17-22)43(39,40)42-36-26-13-9-8-12-25(26)32(38)35(36,27-14-10-11-15-30(27)41-36)23-20-28(33(2,3)4)31(37)29(21-23)34(5,6)7/h8-21,37H,1-7H3/t35-,36-/m0/s1. The predicted molar refractivity (Wildman–Crippen MR) is 165 cm³/mol. The number of carbonyl (C=O) groups is 1. The summed E-state index contributed by atoms with van der Waals surface area (Å²) in [7, 11) is -4.47. The first kappa shape index (κ1) is 29.1. The van der Waals surface area contributed by atoms with Crippen LogP contribution in [0.5, 0.6) is 11.5 Å². The zero-order valence-corrected chi connectivity index (χ0v) is 26.3. The smallest absolute Gasteiger partial charge is 0.300 e. The number of ether oxygens (including phenoxy) is 1. The number of aromatic hydroxyl groups is 1. The van der Waals surface area contributed by atoms with Crippen LogP contribution in [0, 0.1) is 6.92 Å². The second-order valence-corrected chi connectivity index (χ2v) is 15.2. The average Bonchev–Trinajstić information content (AvgIpc) is 3.32. The first-order valence-corrected chi connectivity index (χ1v) is 15.8. The Morgan fingerprint density at radius 2 is 1.30 bits per heavy atom. The molecule has 0 fully saturated rings. The maximum absolute atomic E-state index is 15.0. The number of fused-ring (bicyclic) bond motifs is 5. The van der Waals surface area contributed by atoms with Gasteiger partial charge in [-0.1, -0.05) is 102 Å². The molecule has 0 aromatic heterocycles. The lowest BCUT2D eigenvalue weighted by Gasteiger charge is -2.39. The lowest BCUT2D eigenvalue weighted by atomic mass is 9.66. The van der Waals surface area contributed by atoms with Crippen LogP contribution in [0.4, 0.5) is 0 Å². The molecule has 4 aromatic carbocycles. The van der Waals surface area contributed by atoms with Crippen molar-refractivity contribution in [3.63, 3.8) is 0 Å². The molecule has 0 bridgehead atoms. The first-order chi connectivity index (χ1) is 20.0. The molecule has 2 aliphatic rings. The fraction of sp³-hybridized carbons (Fsp3) is 0.306. The van der Waals surface area contributed by atoms with E-state index in [9.17, 15) is 13.5 Å². The molecule has 0 radical (unpaired) electrons. The van der Waals surface area contributed by atoms with Crippen molar-refractivity contribution in [3.8, 4) is 11.5 Å². The molecule has 222 valence electrons. The maximum atomic E-state index is 15.0. The van der Waals surface area contributed by atoms with Crippen LogP contribution in [-0.4, -0.2) is 19.3 Å². The molecule has 0 spiro atoms. The second-order valence-electron chi connectivity index (χ2n) is 13.6. The monoisotopic (exact) mass is 596 g/mol. The van der Waals surface area contributed by atoms with Crippen LogP contribution in [0.3, 0.4) is 0 Å². The van der Waals surface area contributed by atoms with Gasteiger partial charge in [-0.2, -0.15) is 8.42 Å². The second kappa shape index (κ2) is 9.28. The lowest BCUT2D eigenvalue weighted by molar-refractivity contribution is -0.126. The van der Waals surface area contributed by atoms with E-state index >= 15 is 4.79 Å². The summed E-state index contributed by atoms with van der Waals surface area (Å²) in [6, 6.07) is 24.0. The molecule has 2 atom stereocenters. The largest absolute Gasteiger partial charge is 0.507 e. The molecule has 1 heterocycles. The van der Waals surface area contributed by atoms with Gasteiger partial charge in [-0.3, -0.25) is 4.79 Å². The SMILES string of the molecule is Cc1ccc(S(=O)(=O)O[C@]23Oc4ccccc4[C@@]2(c2cc(C(C)(C)C)c(O)c(C(C)(C)C)c2)C(=O)c2ccccc23)cc1. The van der Waals surface area contributed by atoms with E-state index in [0.717, 1.165) is 5.56 Å². The van der Waals surface area contributed by atoms with Gasteiger partial charge in [0.05, 0.1) is 4.90 Å². The Kier molecular flexibility index (Phi) is 6.29. The van der Waals surface area contributed by atoms with Gasteiger partial charge < -0.3 is 9.84 Å². The Bertz CT molecular complexity index is 1860. The lowest BCUT2D eigenvalue weighted by Crippen LogP contribution is -2.52. The van der Waals surface area contributed by atoms with E-state index in [1.54, 1.807) is 60.7 Å². The van der Waals surface area contributed by atoms with Crippen molar-refractivity contribution in [2.75, 3.05) is 0 Å².